The van der Waals surface area contributed by atoms with Crippen LogP contribution in [0.4, 0.5) is 0 Å². The van der Waals surface area contributed by atoms with E-state index in [0.29, 0.717) is 41.4 Å². The number of halogens is 3. The Morgan fingerprint density at radius 1 is 1.26 bits per heavy atom. The molecule has 1 N–H and O–H groups in total. The highest BCUT2D eigenvalue weighted by Crippen LogP contribution is 2.25. The van der Waals surface area contributed by atoms with Crippen LogP contribution in [0.3, 0.4) is 0 Å². The van der Waals surface area contributed by atoms with Gasteiger partial charge in [-0.25, -0.2) is 0 Å². The molecule has 2 aromatic carbocycles. The molecule has 180 valence electrons. The van der Waals surface area contributed by atoms with Crippen LogP contribution in [0.5, 0.6) is 0 Å². The van der Waals surface area contributed by atoms with Crippen LogP contribution in [0.15, 0.2) is 51.5 Å². The number of hydrogen-bond donors (Lipinski definition) is 1. The van der Waals surface area contributed by atoms with Crippen molar-refractivity contribution in [2.75, 3.05) is 25.4 Å². The molecule has 1 aliphatic heterocycles. The molecule has 1 aromatic heterocycles. The fourth-order valence-electron chi connectivity index (χ4n) is 3.88. The Balaban J connectivity index is 1.20. The second kappa shape index (κ2) is 12.4. The molecule has 0 radical (unpaired) electrons. The molecule has 0 bridgehead atoms. The largest absolute Gasteiger partial charge is 0.355 e. The Kier molecular flexibility index (Phi) is 9.31. The summed E-state index contributed by atoms with van der Waals surface area (Å²) < 4.78 is 6.43. The van der Waals surface area contributed by atoms with Crippen molar-refractivity contribution in [3.8, 4) is 11.4 Å². The zero-order valence-electron chi connectivity index (χ0n) is 18.5. The monoisotopic (exact) mass is 582 g/mol. The Morgan fingerprint density at radius 3 is 2.97 bits per heavy atom. The molecule has 1 saturated heterocycles. The van der Waals surface area contributed by atoms with Gasteiger partial charge in [0.05, 0.1) is 12.5 Å². The van der Waals surface area contributed by atoms with Crippen molar-refractivity contribution in [3.63, 3.8) is 0 Å². The highest BCUT2D eigenvalue weighted by Gasteiger charge is 2.26. The van der Waals surface area contributed by atoms with Crippen molar-refractivity contribution in [1.29, 1.82) is 0 Å². The Hall–Kier alpha value is -1.58. The zero-order valence-corrected chi connectivity index (χ0v) is 22.4. The molecule has 1 unspecified atom stereocenters. The first kappa shape index (κ1) is 25.5. The van der Waals surface area contributed by atoms with E-state index in [1.807, 2.05) is 36.4 Å². The minimum absolute atomic E-state index is 0.0306. The van der Waals surface area contributed by atoms with Crippen molar-refractivity contribution in [3.05, 3.63) is 68.4 Å². The molecule has 1 atom stereocenters. The van der Waals surface area contributed by atoms with E-state index >= 15 is 0 Å². The molecular weight excluding hydrogens is 559 g/mol. The van der Waals surface area contributed by atoms with Crippen LogP contribution in [-0.4, -0.2) is 46.3 Å². The van der Waals surface area contributed by atoms with Gasteiger partial charge < -0.3 is 9.84 Å². The second-order valence-corrected chi connectivity index (χ2v) is 11.0. The number of nitrogens with one attached hydrogen (secondary N) is 1. The fraction of sp³-hybridized carbons (Fsp3) is 0.375. The van der Waals surface area contributed by atoms with Crippen molar-refractivity contribution in [2.24, 2.45) is 5.92 Å². The number of piperidine rings is 1. The summed E-state index contributed by atoms with van der Waals surface area (Å²) in [6.45, 7) is 2.78. The molecule has 0 aliphatic carbocycles. The molecule has 10 heteroatoms. The first-order chi connectivity index (χ1) is 16.5. The molecule has 1 fully saturated rings. The summed E-state index contributed by atoms with van der Waals surface area (Å²) in [4.78, 5) is 19.4. The molecule has 0 spiro atoms. The predicted octanol–water partition coefficient (Wildman–Crippen LogP) is 6.07. The smallest absolute Gasteiger partial charge is 0.241 e. The van der Waals surface area contributed by atoms with Crippen LogP contribution in [0.1, 0.15) is 24.3 Å². The van der Waals surface area contributed by atoms with Crippen LogP contribution in [-0.2, 0) is 17.1 Å². The van der Waals surface area contributed by atoms with Gasteiger partial charge in [-0.3, -0.25) is 9.69 Å². The lowest BCUT2D eigenvalue weighted by Crippen LogP contribution is -2.43. The van der Waals surface area contributed by atoms with E-state index in [1.54, 1.807) is 17.8 Å². The van der Waals surface area contributed by atoms with Gasteiger partial charge in [-0.2, -0.15) is 16.7 Å². The van der Waals surface area contributed by atoms with Crippen LogP contribution in [0.25, 0.3) is 11.4 Å². The maximum atomic E-state index is 12.7. The van der Waals surface area contributed by atoms with Gasteiger partial charge in [-0.15, -0.1) is 0 Å². The highest BCUT2D eigenvalue weighted by atomic mass is 79.9. The number of benzene rings is 2. The third kappa shape index (κ3) is 7.21. The third-order valence-corrected chi connectivity index (χ3v) is 7.69. The topological polar surface area (TPSA) is 71.3 Å². The summed E-state index contributed by atoms with van der Waals surface area (Å²) in [7, 11) is 0. The summed E-state index contributed by atoms with van der Waals surface area (Å²) in [5.74, 6) is 2.82. The molecule has 1 aliphatic rings. The number of rotatable bonds is 9. The zero-order chi connectivity index (χ0) is 23.9. The van der Waals surface area contributed by atoms with E-state index in [1.165, 1.54) is 0 Å². The SMILES string of the molecule is O=C(NCCSCc1ccc(Cl)cc1Cl)C1CCCN(Cc2nc(-c3cccc(Br)c3)no2)C1. The molecule has 2 heterocycles. The van der Waals surface area contributed by atoms with Crippen molar-refractivity contribution >= 4 is 56.8 Å². The Bertz CT molecular complexity index is 1130. The number of aromatic nitrogens is 2. The summed E-state index contributed by atoms with van der Waals surface area (Å²) in [6.07, 6.45) is 1.86. The van der Waals surface area contributed by atoms with Gasteiger partial charge in [0.15, 0.2) is 0 Å². The minimum atomic E-state index is -0.0306. The Morgan fingerprint density at radius 2 is 2.15 bits per heavy atom. The molecule has 0 saturated carbocycles. The minimum Gasteiger partial charge on any atom is -0.355 e. The lowest BCUT2D eigenvalue weighted by atomic mass is 9.97. The number of hydrogen-bond acceptors (Lipinski definition) is 6. The van der Waals surface area contributed by atoms with E-state index in [2.05, 4.69) is 36.3 Å². The number of thioether (sulfide) groups is 1. The predicted molar refractivity (Wildman–Crippen MR) is 141 cm³/mol. The van der Waals surface area contributed by atoms with E-state index in [0.717, 1.165) is 46.5 Å². The van der Waals surface area contributed by atoms with E-state index in [4.69, 9.17) is 27.7 Å². The van der Waals surface area contributed by atoms with Gasteiger partial charge >= 0.3 is 0 Å². The van der Waals surface area contributed by atoms with Gasteiger partial charge in [0.1, 0.15) is 0 Å². The van der Waals surface area contributed by atoms with E-state index in [9.17, 15) is 4.79 Å². The summed E-state index contributed by atoms with van der Waals surface area (Å²) in [5, 5.41) is 8.50. The van der Waals surface area contributed by atoms with Gasteiger partial charge in [-0.05, 0) is 49.2 Å². The first-order valence-electron chi connectivity index (χ1n) is 11.1. The maximum absolute atomic E-state index is 12.7. The van der Waals surface area contributed by atoms with Gasteiger partial charge in [0.25, 0.3) is 0 Å². The van der Waals surface area contributed by atoms with Crippen LogP contribution >= 0.6 is 50.9 Å². The number of amides is 1. The van der Waals surface area contributed by atoms with Crippen molar-refractivity contribution in [2.45, 2.75) is 25.1 Å². The van der Waals surface area contributed by atoms with Crippen molar-refractivity contribution < 1.29 is 9.32 Å². The second-order valence-electron chi connectivity index (χ2n) is 8.18. The quantitative estimate of drug-likeness (QED) is 0.308. The average molecular weight is 584 g/mol. The molecule has 3 aromatic rings. The van der Waals surface area contributed by atoms with E-state index in [-0.39, 0.29) is 11.8 Å². The average Bonchev–Trinajstić information content (AvgIpc) is 3.28. The number of likely N-dealkylation sites (tertiary alicyclic amines) is 1. The van der Waals surface area contributed by atoms with Gasteiger partial charge in [0, 0.05) is 44.7 Å². The van der Waals surface area contributed by atoms with Gasteiger partial charge in [0.2, 0.25) is 17.6 Å². The maximum Gasteiger partial charge on any atom is 0.241 e. The molecule has 1 amide bonds. The fourth-order valence-corrected chi connectivity index (χ4v) is 5.70. The summed E-state index contributed by atoms with van der Waals surface area (Å²) >= 11 is 17.4. The van der Waals surface area contributed by atoms with Gasteiger partial charge in [-0.1, -0.05) is 62.5 Å². The summed E-state index contributed by atoms with van der Waals surface area (Å²) in [6, 6.07) is 13.3. The molecule has 4 rings (SSSR count). The van der Waals surface area contributed by atoms with Crippen LogP contribution in [0, 0.1) is 5.92 Å². The number of nitrogens with zero attached hydrogens (tertiary/aromatic N) is 3. The lowest BCUT2D eigenvalue weighted by Gasteiger charge is -2.30. The highest BCUT2D eigenvalue weighted by molar-refractivity contribution is 9.10. The third-order valence-electron chi connectivity index (χ3n) is 5.60. The summed E-state index contributed by atoms with van der Waals surface area (Å²) in [5.41, 5.74) is 1.95. The number of carbonyl (C=O) groups is 1. The van der Waals surface area contributed by atoms with Crippen LogP contribution < -0.4 is 5.32 Å². The van der Waals surface area contributed by atoms with Crippen LogP contribution in [0.2, 0.25) is 10.0 Å². The standard InChI is InChI=1S/C24H25BrCl2N4O2S/c25-19-5-1-3-16(11-19)23-29-22(33-30-23)14-31-9-2-4-17(13-31)24(32)28-8-10-34-15-18-6-7-20(26)12-21(18)27/h1,3,5-7,11-12,17H,2,4,8-10,13-15H2,(H,28,32). The normalized spacial score (nSPS) is 16.5. The lowest BCUT2D eigenvalue weighted by molar-refractivity contribution is -0.126. The first-order valence-corrected chi connectivity index (χ1v) is 13.8. The molecular formula is C24H25BrCl2N4O2S. The number of carbonyl (C=O) groups excluding carboxylic acids is 1. The Labute approximate surface area is 221 Å². The molecule has 6 nitrogen and oxygen atoms in total. The van der Waals surface area contributed by atoms with E-state index < -0.39 is 0 Å². The van der Waals surface area contributed by atoms with Crippen molar-refractivity contribution in [1.82, 2.24) is 20.4 Å². The molecule has 34 heavy (non-hydrogen) atoms.